The van der Waals surface area contributed by atoms with Gasteiger partial charge in [0.25, 0.3) is 0 Å². The van der Waals surface area contributed by atoms with Crippen molar-refractivity contribution in [3.8, 4) is 11.5 Å². The van der Waals surface area contributed by atoms with Crippen LogP contribution in [-0.4, -0.2) is 24.5 Å². The van der Waals surface area contributed by atoms with Gasteiger partial charge in [0.1, 0.15) is 0 Å². The molecule has 0 spiro atoms. The minimum atomic E-state index is 0.184. The van der Waals surface area contributed by atoms with Crippen LogP contribution in [0.3, 0.4) is 0 Å². The van der Waals surface area contributed by atoms with E-state index in [1.54, 1.807) is 11.8 Å². The van der Waals surface area contributed by atoms with E-state index in [-0.39, 0.29) is 5.91 Å². The van der Waals surface area contributed by atoms with Crippen LogP contribution in [0.4, 0.5) is 0 Å². The highest BCUT2D eigenvalue weighted by molar-refractivity contribution is 7.99. The summed E-state index contributed by atoms with van der Waals surface area (Å²) in [6.45, 7) is 2.56. The summed E-state index contributed by atoms with van der Waals surface area (Å²) in [6.07, 6.45) is 8.36. The van der Waals surface area contributed by atoms with Crippen molar-refractivity contribution >= 4 is 17.7 Å². The van der Waals surface area contributed by atoms with Gasteiger partial charge in [-0.3, -0.25) is 4.79 Å². The normalized spacial score (nSPS) is 33.9. The lowest BCUT2D eigenvalue weighted by Gasteiger charge is -2.59. The van der Waals surface area contributed by atoms with E-state index in [0.29, 0.717) is 24.0 Å². The van der Waals surface area contributed by atoms with Gasteiger partial charge in [0.15, 0.2) is 11.5 Å². The number of carbonyl (C=O) groups excluding carboxylic acids is 1. The SMILES string of the molecule is C[C@@H](NC(=O)CSCc1ccc2c(c1)OCO2)C12CC3CC(CC(C3)C1)C2. The Bertz CT molecular complexity index is 699. The molecule has 4 bridgehead atoms. The Hall–Kier alpha value is -1.36. The van der Waals surface area contributed by atoms with Crippen LogP contribution >= 0.6 is 11.8 Å². The summed E-state index contributed by atoms with van der Waals surface area (Å²) >= 11 is 1.67. The van der Waals surface area contributed by atoms with Crippen LogP contribution < -0.4 is 14.8 Å². The number of carbonyl (C=O) groups is 1. The predicted molar refractivity (Wildman–Crippen MR) is 107 cm³/mol. The van der Waals surface area contributed by atoms with Crippen LogP contribution in [0.5, 0.6) is 11.5 Å². The van der Waals surface area contributed by atoms with Crippen LogP contribution in [0.25, 0.3) is 0 Å². The lowest BCUT2D eigenvalue weighted by atomic mass is 9.48. The van der Waals surface area contributed by atoms with E-state index in [2.05, 4.69) is 18.3 Å². The van der Waals surface area contributed by atoms with Crippen LogP contribution in [0.2, 0.25) is 0 Å². The van der Waals surface area contributed by atoms with Crippen molar-refractivity contribution in [2.75, 3.05) is 12.5 Å². The van der Waals surface area contributed by atoms with Crippen LogP contribution in [0.15, 0.2) is 18.2 Å². The summed E-state index contributed by atoms with van der Waals surface area (Å²) in [7, 11) is 0. The summed E-state index contributed by atoms with van der Waals surface area (Å²) in [5.74, 6) is 5.92. The molecule has 4 nitrogen and oxygen atoms in total. The van der Waals surface area contributed by atoms with Crippen LogP contribution in [-0.2, 0) is 10.5 Å². The minimum Gasteiger partial charge on any atom is -0.454 e. The topological polar surface area (TPSA) is 47.6 Å². The maximum absolute atomic E-state index is 12.5. The van der Waals surface area contributed by atoms with Gasteiger partial charge in [0.2, 0.25) is 12.7 Å². The number of amides is 1. The van der Waals surface area contributed by atoms with Crippen molar-refractivity contribution in [3.05, 3.63) is 23.8 Å². The number of benzene rings is 1. The molecule has 0 radical (unpaired) electrons. The van der Waals surface area contributed by atoms with E-state index < -0.39 is 0 Å². The fraction of sp³-hybridized carbons (Fsp3) is 0.682. The molecule has 1 aromatic rings. The Morgan fingerprint density at radius 3 is 2.52 bits per heavy atom. The van der Waals surface area contributed by atoms with E-state index in [9.17, 15) is 4.79 Å². The van der Waals surface area contributed by atoms with Crippen molar-refractivity contribution in [3.63, 3.8) is 0 Å². The van der Waals surface area contributed by atoms with Gasteiger partial charge >= 0.3 is 0 Å². The first-order valence-corrected chi connectivity index (χ1v) is 11.5. The second-order valence-electron chi connectivity index (χ2n) is 9.25. The third-order valence-electron chi connectivity index (χ3n) is 7.32. The van der Waals surface area contributed by atoms with Crippen molar-refractivity contribution in [1.82, 2.24) is 5.32 Å². The van der Waals surface area contributed by atoms with Crippen molar-refractivity contribution in [2.24, 2.45) is 23.2 Å². The molecule has 4 saturated carbocycles. The van der Waals surface area contributed by atoms with Gasteiger partial charge in [-0.05, 0) is 86.3 Å². The molecule has 0 unspecified atom stereocenters. The van der Waals surface area contributed by atoms with Gasteiger partial charge in [0.05, 0.1) is 5.75 Å². The zero-order valence-electron chi connectivity index (χ0n) is 16.0. The van der Waals surface area contributed by atoms with Crippen molar-refractivity contribution in [2.45, 2.75) is 57.2 Å². The highest BCUT2D eigenvalue weighted by Crippen LogP contribution is 2.61. The molecule has 27 heavy (non-hydrogen) atoms. The first kappa shape index (κ1) is 17.7. The fourth-order valence-corrected chi connectivity index (χ4v) is 7.22. The number of thioether (sulfide) groups is 1. The largest absolute Gasteiger partial charge is 0.454 e. The maximum Gasteiger partial charge on any atom is 0.231 e. The average Bonchev–Trinajstić information content (AvgIpc) is 3.08. The van der Waals surface area contributed by atoms with E-state index >= 15 is 0 Å². The smallest absolute Gasteiger partial charge is 0.231 e. The van der Waals surface area contributed by atoms with Gasteiger partial charge in [-0.1, -0.05) is 6.07 Å². The number of fused-ring (bicyclic) bond motifs is 1. The molecule has 0 aromatic heterocycles. The Morgan fingerprint density at radius 1 is 1.15 bits per heavy atom. The number of hydrogen-bond donors (Lipinski definition) is 1. The Balaban J connectivity index is 1.12. The molecule has 1 amide bonds. The number of hydrogen-bond acceptors (Lipinski definition) is 4. The molecule has 1 aromatic carbocycles. The molecule has 5 aliphatic rings. The van der Waals surface area contributed by atoms with Gasteiger partial charge < -0.3 is 14.8 Å². The maximum atomic E-state index is 12.5. The second kappa shape index (κ2) is 6.91. The monoisotopic (exact) mass is 387 g/mol. The van der Waals surface area contributed by atoms with E-state index in [4.69, 9.17) is 9.47 Å². The first-order chi connectivity index (χ1) is 13.1. The second-order valence-corrected chi connectivity index (χ2v) is 10.2. The number of ether oxygens (including phenoxy) is 2. The first-order valence-electron chi connectivity index (χ1n) is 10.4. The Morgan fingerprint density at radius 2 is 1.81 bits per heavy atom. The van der Waals surface area contributed by atoms with Gasteiger partial charge in [-0.25, -0.2) is 0 Å². The zero-order valence-corrected chi connectivity index (χ0v) is 16.9. The molecule has 6 rings (SSSR count). The minimum absolute atomic E-state index is 0.184. The summed E-state index contributed by atoms with van der Waals surface area (Å²) in [4.78, 5) is 12.5. The summed E-state index contributed by atoms with van der Waals surface area (Å²) in [6, 6.07) is 6.33. The fourth-order valence-electron chi connectivity index (χ4n) is 6.44. The van der Waals surface area contributed by atoms with Crippen LogP contribution in [0, 0.1) is 23.2 Å². The van der Waals surface area contributed by atoms with Gasteiger partial charge in [-0.2, -0.15) is 0 Å². The lowest BCUT2D eigenvalue weighted by Crippen LogP contribution is -2.56. The summed E-state index contributed by atoms with van der Waals surface area (Å²) in [5, 5.41) is 3.36. The summed E-state index contributed by atoms with van der Waals surface area (Å²) < 4.78 is 10.8. The van der Waals surface area contributed by atoms with Crippen LogP contribution in [0.1, 0.15) is 51.0 Å². The van der Waals surface area contributed by atoms with Crippen molar-refractivity contribution in [1.29, 1.82) is 0 Å². The molecular weight excluding hydrogens is 358 g/mol. The third-order valence-corrected chi connectivity index (χ3v) is 8.32. The van der Waals surface area contributed by atoms with Gasteiger partial charge in [0, 0.05) is 11.8 Å². The molecule has 4 aliphatic carbocycles. The van der Waals surface area contributed by atoms with Gasteiger partial charge in [-0.15, -0.1) is 11.8 Å². The number of nitrogens with one attached hydrogen (secondary N) is 1. The Kier molecular flexibility index (Phi) is 4.53. The molecule has 4 fully saturated rings. The van der Waals surface area contributed by atoms with E-state index in [1.165, 1.54) is 44.1 Å². The van der Waals surface area contributed by atoms with E-state index in [1.807, 2.05) is 12.1 Å². The van der Waals surface area contributed by atoms with Crippen molar-refractivity contribution < 1.29 is 14.3 Å². The lowest BCUT2D eigenvalue weighted by molar-refractivity contribution is -0.123. The molecule has 1 atom stereocenters. The molecule has 146 valence electrons. The number of rotatable bonds is 6. The molecule has 5 heteroatoms. The quantitative estimate of drug-likeness (QED) is 0.787. The standard InChI is InChI=1S/C22H29NO3S/c1-14(22-8-16-4-17(9-22)6-18(5-16)10-22)23-21(24)12-27-11-15-2-3-19-20(7-15)26-13-25-19/h2-3,7,14,16-18H,4-6,8-13H2,1H3,(H,23,24)/t14-,16?,17?,18?,22?/m1/s1. The highest BCUT2D eigenvalue weighted by Gasteiger charge is 2.53. The molecule has 1 heterocycles. The Labute approximate surface area is 165 Å². The third kappa shape index (κ3) is 3.43. The molecular formula is C22H29NO3S. The molecule has 1 aliphatic heterocycles. The summed E-state index contributed by atoms with van der Waals surface area (Å²) in [5.41, 5.74) is 1.55. The predicted octanol–water partition coefficient (Wildman–Crippen LogP) is 4.37. The average molecular weight is 388 g/mol. The molecule has 0 saturated heterocycles. The highest BCUT2D eigenvalue weighted by atomic mass is 32.2. The van der Waals surface area contributed by atoms with E-state index in [0.717, 1.165) is 35.0 Å². The zero-order chi connectivity index (χ0) is 18.4. The molecule has 1 N–H and O–H groups in total.